The van der Waals surface area contributed by atoms with Crippen LogP contribution in [0.1, 0.15) is 39.2 Å². The lowest BCUT2D eigenvalue weighted by molar-refractivity contribution is 0.0289. The van der Waals surface area contributed by atoms with E-state index in [0.717, 1.165) is 5.56 Å². The summed E-state index contributed by atoms with van der Waals surface area (Å²) < 4.78 is 17.3. The molecule has 0 radical (unpaired) electrons. The first-order chi connectivity index (χ1) is 14.4. The van der Waals surface area contributed by atoms with Gasteiger partial charge in [-0.05, 0) is 26.3 Å². The maximum atomic E-state index is 12.4. The Balaban J connectivity index is 1.47. The zero-order chi connectivity index (χ0) is 21.4. The molecule has 2 aromatic rings. The van der Waals surface area contributed by atoms with Crippen molar-refractivity contribution < 1.29 is 19.0 Å². The van der Waals surface area contributed by atoms with Crippen LogP contribution in [0.3, 0.4) is 0 Å². The Morgan fingerprint density at radius 3 is 2.50 bits per heavy atom. The quantitative estimate of drug-likeness (QED) is 0.661. The summed E-state index contributed by atoms with van der Waals surface area (Å²) >= 11 is 0. The van der Waals surface area contributed by atoms with E-state index >= 15 is 0 Å². The number of nitrogens with zero attached hydrogens (tertiary/aromatic N) is 2. The van der Waals surface area contributed by atoms with Crippen molar-refractivity contribution in [3.05, 3.63) is 54.1 Å². The van der Waals surface area contributed by atoms with E-state index in [-0.39, 0.29) is 12.2 Å². The number of likely N-dealkylation sites (tertiary alicyclic amines) is 1. The molecule has 1 aromatic carbocycles. The monoisotopic (exact) mass is 408 g/mol. The fourth-order valence-corrected chi connectivity index (χ4v) is 3.21. The fourth-order valence-electron chi connectivity index (χ4n) is 3.21. The lowest BCUT2D eigenvalue weighted by Gasteiger charge is -2.33. The lowest BCUT2D eigenvalue weighted by atomic mass is 10.1. The minimum atomic E-state index is -0.788. The first-order valence-electron chi connectivity index (χ1n) is 10.2. The molecule has 1 saturated heterocycles. The maximum Gasteiger partial charge on any atom is 0.411 e. The Kier molecular flexibility index (Phi) is 7.18. The van der Waals surface area contributed by atoms with E-state index in [4.69, 9.17) is 14.2 Å². The highest BCUT2D eigenvalue weighted by atomic mass is 16.6. The molecule has 0 spiro atoms. The molecule has 6 heteroatoms. The summed E-state index contributed by atoms with van der Waals surface area (Å²) in [5.74, 6) is 6.74. The molecule has 6 nitrogen and oxygen atoms in total. The smallest absolute Gasteiger partial charge is 0.411 e. The van der Waals surface area contributed by atoms with Crippen LogP contribution in [-0.4, -0.2) is 40.8 Å². The molecule has 3 rings (SSSR count). The Bertz CT molecular complexity index is 894. The minimum absolute atomic E-state index is 0.00522. The van der Waals surface area contributed by atoms with E-state index < -0.39 is 5.60 Å². The minimum Gasteiger partial charge on any atom is -0.474 e. The SMILES string of the molecule is CC#CC(C)(C)OC(=O)N1CCC(Oc2cccc(OCc3ccccc3)n2)CC1. The van der Waals surface area contributed by atoms with Gasteiger partial charge < -0.3 is 19.1 Å². The number of aromatic nitrogens is 1. The lowest BCUT2D eigenvalue weighted by Crippen LogP contribution is -2.44. The molecule has 1 fully saturated rings. The van der Waals surface area contributed by atoms with Crippen LogP contribution in [0.15, 0.2) is 48.5 Å². The molecule has 0 N–H and O–H groups in total. The van der Waals surface area contributed by atoms with Crippen LogP contribution in [0, 0.1) is 11.8 Å². The van der Waals surface area contributed by atoms with Gasteiger partial charge in [-0.2, -0.15) is 4.98 Å². The van der Waals surface area contributed by atoms with Crippen LogP contribution >= 0.6 is 0 Å². The molecule has 30 heavy (non-hydrogen) atoms. The van der Waals surface area contributed by atoms with Gasteiger partial charge >= 0.3 is 6.09 Å². The number of carbonyl (C=O) groups is 1. The average Bonchev–Trinajstić information content (AvgIpc) is 2.73. The number of benzene rings is 1. The zero-order valence-electron chi connectivity index (χ0n) is 17.8. The molecule has 1 aliphatic heterocycles. The van der Waals surface area contributed by atoms with Crippen LogP contribution in [0.5, 0.6) is 11.8 Å². The summed E-state index contributed by atoms with van der Waals surface area (Å²) in [6.45, 7) is 6.91. The number of rotatable bonds is 6. The molecule has 0 bridgehead atoms. The van der Waals surface area contributed by atoms with Gasteiger partial charge in [0, 0.05) is 38.1 Å². The fraction of sp³-hybridized carbons (Fsp3) is 0.417. The van der Waals surface area contributed by atoms with Gasteiger partial charge in [0.05, 0.1) is 0 Å². The predicted molar refractivity (Wildman–Crippen MR) is 114 cm³/mol. The number of hydrogen-bond donors (Lipinski definition) is 0. The van der Waals surface area contributed by atoms with Crippen molar-refractivity contribution >= 4 is 6.09 Å². The highest BCUT2D eigenvalue weighted by molar-refractivity contribution is 5.68. The highest BCUT2D eigenvalue weighted by Gasteiger charge is 2.29. The molecule has 0 aliphatic carbocycles. The average molecular weight is 408 g/mol. The number of hydrogen-bond acceptors (Lipinski definition) is 5. The molecule has 1 amide bonds. The molecule has 1 aromatic heterocycles. The third-order valence-electron chi connectivity index (χ3n) is 4.68. The number of amides is 1. The number of pyridine rings is 1. The maximum absolute atomic E-state index is 12.4. The van der Waals surface area contributed by atoms with Gasteiger partial charge in [-0.25, -0.2) is 4.79 Å². The van der Waals surface area contributed by atoms with E-state index in [1.54, 1.807) is 25.7 Å². The van der Waals surface area contributed by atoms with Crippen LogP contribution in [0.2, 0.25) is 0 Å². The van der Waals surface area contributed by atoms with Gasteiger partial charge in [0.1, 0.15) is 12.7 Å². The Morgan fingerprint density at radius 1 is 1.10 bits per heavy atom. The number of piperidine rings is 1. The van der Waals surface area contributed by atoms with Gasteiger partial charge in [0.2, 0.25) is 11.8 Å². The summed E-state index contributed by atoms with van der Waals surface area (Å²) in [6, 6.07) is 15.5. The molecule has 0 unspecified atom stereocenters. The van der Waals surface area contributed by atoms with Crippen molar-refractivity contribution in [3.63, 3.8) is 0 Å². The van der Waals surface area contributed by atoms with E-state index in [0.29, 0.717) is 44.3 Å². The molecule has 158 valence electrons. The van der Waals surface area contributed by atoms with Crippen LogP contribution in [0.25, 0.3) is 0 Å². The van der Waals surface area contributed by atoms with Crippen molar-refractivity contribution in [3.8, 4) is 23.6 Å². The highest BCUT2D eigenvalue weighted by Crippen LogP contribution is 2.21. The predicted octanol–water partition coefficient (Wildman–Crippen LogP) is 4.44. The first kappa shape index (κ1) is 21.5. The van der Waals surface area contributed by atoms with Gasteiger partial charge in [0.25, 0.3) is 0 Å². The molecular formula is C24H28N2O4. The van der Waals surface area contributed by atoms with Crippen molar-refractivity contribution in [1.82, 2.24) is 9.88 Å². The van der Waals surface area contributed by atoms with Gasteiger partial charge in [-0.3, -0.25) is 0 Å². The number of carbonyl (C=O) groups excluding carboxylic acids is 1. The van der Waals surface area contributed by atoms with Crippen LogP contribution in [-0.2, 0) is 11.3 Å². The van der Waals surface area contributed by atoms with Crippen molar-refractivity contribution in [1.29, 1.82) is 0 Å². The second-order valence-corrected chi connectivity index (χ2v) is 7.65. The summed E-state index contributed by atoms with van der Waals surface area (Å²) in [6.07, 6.45) is 1.09. The topological polar surface area (TPSA) is 60.9 Å². The standard InChI is InChI=1S/C24H28N2O4/c1-4-15-24(2,3)30-23(27)26-16-13-20(14-17-26)29-22-12-8-11-21(25-22)28-18-19-9-6-5-7-10-19/h5-12,20H,13-14,16-18H2,1-3H3. The van der Waals surface area contributed by atoms with Gasteiger partial charge in [-0.1, -0.05) is 42.3 Å². The van der Waals surface area contributed by atoms with Gasteiger partial charge in [0.15, 0.2) is 5.60 Å². The van der Waals surface area contributed by atoms with Gasteiger partial charge in [-0.15, -0.1) is 5.92 Å². The van der Waals surface area contributed by atoms with E-state index in [2.05, 4.69) is 16.8 Å². The first-order valence-corrected chi connectivity index (χ1v) is 10.2. The normalized spacial score (nSPS) is 14.4. The second-order valence-electron chi connectivity index (χ2n) is 7.65. The Morgan fingerprint density at radius 2 is 1.80 bits per heavy atom. The van der Waals surface area contributed by atoms with Crippen LogP contribution in [0.4, 0.5) is 4.79 Å². The molecule has 1 aliphatic rings. The van der Waals surface area contributed by atoms with Crippen molar-refractivity contribution in [2.24, 2.45) is 0 Å². The largest absolute Gasteiger partial charge is 0.474 e. The van der Waals surface area contributed by atoms with Crippen molar-refractivity contribution in [2.75, 3.05) is 13.1 Å². The van der Waals surface area contributed by atoms with Crippen LogP contribution < -0.4 is 9.47 Å². The third-order valence-corrected chi connectivity index (χ3v) is 4.68. The molecular weight excluding hydrogens is 380 g/mol. The van der Waals surface area contributed by atoms with E-state index in [1.807, 2.05) is 48.5 Å². The number of ether oxygens (including phenoxy) is 3. The Labute approximate surface area is 178 Å². The second kappa shape index (κ2) is 10.0. The molecule has 0 saturated carbocycles. The van der Waals surface area contributed by atoms with E-state index in [9.17, 15) is 4.79 Å². The Hall–Kier alpha value is -3.20. The van der Waals surface area contributed by atoms with Crippen molar-refractivity contribution in [2.45, 2.75) is 51.9 Å². The summed E-state index contributed by atoms with van der Waals surface area (Å²) in [5.41, 5.74) is 0.293. The zero-order valence-corrected chi connectivity index (χ0v) is 17.8. The summed E-state index contributed by atoms with van der Waals surface area (Å²) in [7, 11) is 0. The molecule has 0 atom stereocenters. The summed E-state index contributed by atoms with van der Waals surface area (Å²) in [5, 5.41) is 0. The van der Waals surface area contributed by atoms with E-state index in [1.165, 1.54) is 0 Å². The third kappa shape index (κ3) is 6.41. The molecule has 2 heterocycles. The summed E-state index contributed by atoms with van der Waals surface area (Å²) in [4.78, 5) is 18.5.